The van der Waals surface area contributed by atoms with Gasteiger partial charge >= 0.3 is 6.36 Å². The maximum absolute atomic E-state index is 12.3. The van der Waals surface area contributed by atoms with Crippen LogP contribution in [0.25, 0.3) is 0 Å². The molecule has 25 heavy (non-hydrogen) atoms. The number of rotatable bonds is 6. The number of Topliss-reactive ketones (excluding diaryl/α,β-unsaturated/α-hetero) is 1. The number of hydrogen-bond acceptors (Lipinski definition) is 5. The Morgan fingerprint density at radius 2 is 1.76 bits per heavy atom. The van der Waals surface area contributed by atoms with Gasteiger partial charge < -0.3 is 4.74 Å². The second kappa shape index (κ2) is 7.36. The Morgan fingerprint density at radius 1 is 1.12 bits per heavy atom. The van der Waals surface area contributed by atoms with Gasteiger partial charge in [0.1, 0.15) is 5.75 Å². The van der Waals surface area contributed by atoms with Gasteiger partial charge in [-0.3, -0.25) is 9.52 Å². The SMILES string of the molecule is O=C(CS)c1ccc(NS(=O)(=O)c2cccc(OC(F)(F)F)c2)cc1. The molecular weight excluding hydrogens is 379 g/mol. The first-order valence-corrected chi connectivity index (χ1v) is 8.85. The van der Waals surface area contributed by atoms with Gasteiger partial charge in [-0.15, -0.1) is 13.2 Å². The van der Waals surface area contributed by atoms with E-state index in [0.717, 1.165) is 24.3 Å². The van der Waals surface area contributed by atoms with Crippen LogP contribution in [-0.4, -0.2) is 26.3 Å². The Hall–Kier alpha value is -2.20. The largest absolute Gasteiger partial charge is 0.573 e. The number of sulfonamides is 1. The zero-order valence-electron chi connectivity index (χ0n) is 12.4. The van der Waals surface area contributed by atoms with Crippen molar-refractivity contribution in [3.63, 3.8) is 0 Å². The van der Waals surface area contributed by atoms with Gasteiger partial charge in [-0.05, 0) is 36.4 Å². The fourth-order valence-corrected chi connectivity index (χ4v) is 3.14. The molecule has 134 valence electrons. The summed E-state index contributed by atoms with van der Waals surface area (Å²) < 4.78 is 67.1. The standard InChI is InChI=1S/C15H12F3NO4S2/c16-15(17,18)23-12-2-1-3-13(8-12)25(21,22)19-11-6-4-10(5-7-11)14(20)9-24/h1-8,19,24H,9H2. The lowest BCUT2D eigenvalue weighted by molar-refractivity contribution is -0.274. The average molecular weight is 391 g/mol. The number of benzene rings is 2. The Kier molecular flexibility index (Phi) is 5.63. The number of nitrogens with one attached hydrogen (secondary N) is 1. The molecule has 0 spiro atoms. The summed E-state index contributed by atoms with van der Waals surface area (Å²) in [6.07, 6.45) is -4.93. The topological polar surface area (TPSA) is 72.5 Å². The van der Waals surface area contributed by atoms with Crippen LogP contribution >= 0.6 is 12.6 Å². The first-order chi connectivity index (χ1) is 11.6. The molecule has 0 saturated heterocycles. The van der Waals surface area contributed by atoms with Crippen LogP contribution in [0, 0.1) is 0 Å². The minimum atomic E-state index is -4.93. The molecule has 0 amide bonds. The zero-order valence-corrected chi connectivity index (χ0v) is 14.2. The second-order valence-corrected chi connectivity index (χ2v) is 6.79. The highest BCUT2D eigenvalue weighted by Crippen LogP contribution is 2.26. The molecular formula is C15H12F3NO4S2. The minimum absolute atomic E-state index is 0.0110. The first-order valence-electron chi connectivity index (χ1n) is 6.73. The lowest BCUT2D eigenvalue weighted by Gasteiger charge is -2.12. The van der Waals surface area contributed by atoms with E-state index >= 15 is 0 Å². The number of anilines is 1. The number of ketones is 1. The number of thiol groups is 1. The lowest BCUT2D eigenvalue weighted by atomic mass is 10.1. The van der Waals surface area contributed by atoms with Crippen molar-refractivity contribution in [3.8, 4) is 5.75 Å². The summed E-state index contributed by atoms with van der Waals surface area (Å²) >= 11 is 3.86. The Morgan fingerprint density at radius 3 is 2.32 bits per heavy atom. The van der Waals surface area contributed by atoms with E-state index in [1.807, 2.05) is 0 Å². The number of carbonyl (C=O) groups is 1. The summed E-state index contributed by atoms with van der Waals surface area (Å²) in [5.74, 6) is -0.864. The van der Waals surface area contributed by atoms with Gasteiger partial charge in [0.05, 0.1) is 10.6 Å². The quantitative estimate of drug-likeness (QED) is 0.584. The number of carbonyl (C=O) groups excluding carboxylic acids is 1. The summed E-state index contributed by atoms with van der Waals surface area (Å²) in [4.78, 5) is 11.1. The first kappa shape index (κ1) is 19.1. The number of alkyl halides is 3. The predicted octanol–water partition coefficient (Wildman–Crippen LogP) is 3.50. The van der Waals surface area contributed by atoms with Gasteiger partial charge in [0.15, 0.2) is 5.78 Å². The van der Waals surface area contributed by atoms with Crippen molar-refractivity contribution in [1.29, 1.82) is 0 Å². The predicted molar refractivity (Wildman–Crippen MR) is 88.6 cm³/mol. The van der Waals surface area contributed by atoms with Crippen LogP contribution in [0.5, 0.6) is 5.75 Å². The van der Waals surface area contributed by atoms with Crippen molar-refractivity contribution in [2.24, 2.45) is 0 Å². The molecule has 0 radical (unpaired) electrons. The van der Waals surface area contributed by atoms with E-state index < -0.39 is 27.0 Å². The summed E-state index contributed by atoms with van der Waals surface area (Å²) in [6.45, 7) is 0. The molecule has 5 nitrogen and oxygen atoms in total. The van der Waals surface area contributed by atoms with Crippen molar-refractivity contribution in [2.75, 3.05) is 10.5 Å². The third-order valence-corrected chi connectivity index (χ3v) is 4.62. The second-order valence-electron chi connectivity index (χ2n) is 4.79. The monoisotopic (exact) mass is 391 g/mol. The van der Waals surface area contributed by atoms with Gasteiger partial charge in [-0.25, -0.2) is 8.42 Å². The van der Waals surface area contributed by atoms with E-state index in [1.165, 1.54) is 24.3 Å². The summed E-state index contributed by atoms with van der Waals surface area (Å²) in [5, 5.41) is 0. The molecule has 0 aliphatic carbocycles. The lowest BCUT2D eigenvalue weighted by Crippen LogP contribution is -2.18. The molecule has 0 heterocycles. The van der Waals surface area contributed by atoms with Crippen LogP contribution in [0.3, 0.4) is 0 Å². The van der Waals surface area contributed by atoms with Gasteiger partial charge in [0.2, 0.25) is 0 Å². The van der Waals surface area contributed by atoms with Gasteiger partial charge in [-0.1, -0.05) is 6.07 Å². The number of hydrogen-bond donors (Lipinski definition) is 2. The van der Waals surface area contributed by atoms with Gasteiger partial charge in [0.25, 0.3) is 10.0 Å². The molecule has 0 atom stereocenters. The van der Waals surface area contributed by atoms with Crippen LogP contribution in [0.15, 0.2) is 53.4 Å². The molecule has 2 aromatic rings. The molecule has 0 bridgehead atoms. The molecule has 1 N–H and O–H groups in total. The third-order valence-electron chi connectivity index (χ3n) is 2.95. The van der Waals surface area contributed by atoms with E-state index in [2.05, 4.69) is 22.1 Å². The highest BCUT2D eigenvalue weighted by Gasteiger charge is 2.31. The smallest absolute Gasteiger partial charge is 0.406 e. The third kappa shape index (κ3) is 5.40. The Bertz CT molecular complexity index is 865. The summed E-state index contributed by atoms with van der Waals surface area (Å²) in [5.41, 5.74) is 0.511. The van der Waals surface area contributed by atoms with E-state index in [9.17, 15) is 26.4 Å². The molecule has 0 aliphatic rings. The Labute approximate surface area is 147 Å². The van der Waals surface area contributed by atoms with E-state index in [4.69, 9.17) is 0 Å². The fourth-order valence-electron chi connectivity index (χ4n) is 1.87. The minimum Gasteiger partial charge on any atom is -0.406 e. The van der Waals surface area contributed by atoms with Crippen molar-refractivity contribution >= 4 is 34.1 Å². The van der Waals surface area contributed by atoms with Gasteiger partial charge in [0, 0.05) is 17.3 Å². The van der Waals surface area contributed by atoms with Gasteiger partial charge in [-0.2, -0.15) is 12.6 Å². The zero-order chi connectivity index (χ0) is 18.7. The highest BCUT2D eigenvalue weighted by molar-refractivity contribution is 7.92. The van der Waals surface area contributed by atoms with Crippen molar-refractivity contribution in [3.05, 3.63) is 54.1 Å². The fraction of sp³-hybridized carbons (Fsp3) is 0.133. The molecule has 0 aromatic heterocycles. The molecule has 0 aliphatic heterocycles. The molecule has 10 heteroatoms. The summed E-state index contributed by atoms with van der Waals surface area (Å²) in [7, 11) is -4.13. The molecule has 0 unspecified atom stereocenters. The highest BCUT2D eigenvalue weighted by atomic mass is 32.2. The Balaban J connectivity index is 2.21. The number of ether oxygens (including phenoxy) is 1. The normalized spacial score (nSPS) is 11.8. The van der Waals surface area contributed by atoms with E-state index in [0.29, 0.717) is 5.56 Å². The molecule has 0 fully saturated rings. The van der Waals surface area contributed by atoms with Crippen molar-refractivity contribution in [1.82, 2.24) is 0 Å². The van der Waals surface area contributed by atoms with Crippen LogP contribution in [-0.2, 0) is 10.0 Å². The van der Waals surface area contributed by atoms with E-state index in [1.54, 1.807) is 0 Å². The van der Waals surface area contributed by atoms with E-state index in [-0.39, 0.29) is 17.2 Å². The van der Waals surface area contributed by atoms with Crippen LogP contribution in [0.1, 0.15) is 10.4 Å². The summed E-state index contributed by atoms with van der Waals surface area (Å²) in [6, 6.07) is 9.57. The molecule has 0 saturated carbocycles. The van der Waals surface area contributed by atoms with Crippen molar-refractivity contribution < 1.29 is 31.1 Å². The average Bonchev–Trinajstić information content (AvgIpc) is 2.53. The molecule has 2 aromatic carbocycles. The van der Waals surface area contributed by atoms with Crippen LogP contribution < -0.4 is 9.46 Å². The van der Waals surface area contributed by atoms with Crippen LogP contribution in [0.2, 0.25) is 0 Å². The maximum Gasteiger partial charge on any atom is 0.573 e. The van der Waals surface area contributed by atoms with Crippen molar-refractivity contribution in [2.45, 2.75) is 11.3 Å². The molecule has 2 rings (SSSR count). The number of halogens is 3. The maximum atomic E-state index is 12.3. The van der Waals surface area contributed by atoms with Crippen LogP contribution in [0.4, 0.5) is 18.9 Å².